The molecular formula is C12H16BrN3O3. The monoisotopic (exact) mass is 329 g/mol. The molecule has 1 amide bonds. The molecular weight excluding hydrogens is 314 g/mol. The highest BCUT2D eigenvalue weighted by Crippen LogP contribution is 2.28. The molecule has 0 spiro atoms. The van der Waals surface area contributed by atoms with Crippen LogP contribution in [0.4, 0.5) is 11.4 Å². The van der Waals surface area contributed by atoms with E-state index in [0.717, 1.165) is 12.8 Å². The molecule has 0 aromatic heterocycles. The Balaban J connectivity index is 2.81. The number of carbonyl (C=O) groups excluding carboxylic acids is 1. The average molecular weight is 330 g/mol. The number of nitrogens with one attached hydrogen (secondary N) is 1. The number of nitrogens with zero attached hydrogens (tertiary/aromatic N) is 1. The Labute approximate surface area is 119 Å². The predicted molar refractivity (Wildman–Crippen MR) is 76.9 cm³/mol. The normalized spacial score (nSPS) is 11.9. The van der Waals surface area contributed by atoms with Crippen LogP contribution in [0.3, 0.4) is 0 Å². The van der Waals surface area contributed by atoms with E-state index < -0.39 is 16.9 Å². The van der Waals surface area contributed by atoms with Crippen LogP contribution in [0.5, 0.6) is 0 Å². The molecule has 0 radical (unpaired) electrons. The number of nitrogens with two attached hydrogens (primary N) is 1. The maximum absolute atomic E-state index is 11.8. The van der Waals surface area contributed by atoms with Crippen molar-refractivity contribution in [3.8, 4) is 0 Å². The Kier molecular flexibility index (Phi) is 5.91. The van der Waals surface area contributed by atoms with Gasteiger partial charge in [0, 0.05) is 10.5 Å². The van der Waals surface area contributed by atoms with Crippen LogP contribution in [-0.4, -0.2) is 16.9 Å². The zero-order valence-corrected chi connectivity index (χ0v) is 12.1. The summed E-state index contributed by atoms with van der Waals surface area (Å²) >= 11 is 3.15. The Hall–Kier alpha value is -1.47. The minimum absolute atomic E-state index is 0.158. The first-order valence-corrected chi connectivity index (χ1v) is 6.75. The lowest BCUT2D eigenvalue weighted by Gasteiger charge is -2.12. The molecule has 7 heteroatoms. The molecule has 1 aromatic carbocycles. The van der Waals surface area contributed by atoms with Crippen molar-refractivity contribution in [1.29, 1.82) is 0 Å². The number of anilines is 1. The number of hydrogen-bond acceptors (Lipinski definition) is 4. The fraction of sp³-hybridized carbons (Fsp3) is 0.417. The molecule has 1 unspecified atom stereocenters. The van der Waals surface area contributed by atoms with E-state index in [1.165, 1.54) is 12.1 Å². The standard InChI is InChI=1S/C12H16BrN3O3/c1-2-3-4-9(14)12(17)15-10-6-5-8(13)7-11(10)16(18)19/h5-7,9H,2-4,14H2,1H3,(H,15,17). The van der Waals surface area contributed by atoms with Crippen LogP contribution < -0.4 is 11.1 Å². The fourth-order valence-corrected chi connectivity index (χ4v) is 1.89. The Morgan fingerprint density at radius 1 is 1.58 bits per heavy atom. The minimum Gasteiger partial charge on any atom is -0.320 e. The summed E-state index contributed by atoms with van der Waals surface area (Å²) in [6.07, 6.45) is 2.35. The van der Waals surface area contributed by atoms with Crippen LogP contribution in [0, 0.1) is 10.1 Å². The number of amides is 1. The second-order valence-corrected chi connectivity index (χ2v) is 5.07. The van der Waals surface area contributed by atoms with Gasteiger partial charge < -0.3 is 11.1 Å². The van der Waals surface area contributed by atoms with Crippen molar-refractivity contribution in [2.45, 2.75) is 32.2 Å². The third-order valence-corrected chi connectivity index (χ3v) is 3.11. The predicted octanol–water partition coefficient (Wildman–Crippen LogP) is 2.81. The number of nitro groups is 1. The summed E-state index contributed by atoms with van der Waals surface area (Å²) in [5.41, 5.74) is 5.71. The van der Waals surface area contributed by atoms with Crippen LogP contribution in [0.15, 0.2) is 22.7 Å². The third kappa shape index (κ3) is 4.60. The summed E-state index contributed by atoms with van der Waals surface area (Å²) in [5, 5.41) is 13.4. The second-order valence-electron chi connectivity index (χ2n) is 4.16. The highest BCUT2D eigenvalue weighted by Gasteiger charge is 2.19. The lowest BCUT2D eigenvalue weighted by molar-refractivity contribution is -0.384. The number of hydrogen-bond donors (Lipinski definition) is 2. The summed E-state index contributed by atoms with van der Waals surface area (Å²) in [4.78, 5) is 22.2. The smallest absolute Gasteiger partial charge is 0.293 e. The molecule has 0 fully saturated rings. The van der Waals surface area contributed by atoms with Crippen molar-refractivity contribution < 1.29 is 9.72 Å². The summed E-state index contributed by atoms with van der Waals surface area (Å²) < 4.78 is 0.576. The van der Waals surface area contributed by atoms with E-state index in [-0.39, 0.29) is 11.4 Å². The molecule has 1 atom stereocenters. The van der Waals surface area contributed by atoms with Crippen molar-refractivity contribution in [3.63, 3.8) is 0 Å². The van der Waals surface area contributed by atoms with Crippen molar-refractivity contribution in [3.05, 3.63) is 32.8 Å². The van der Waals surface area contributed by atoms with Gasteiger partial charge in [0.15, 0.2) is 0 Å². The van der Waals surface area contributed by atoms with Crippen LogP contribution in [-0.2, 0) is 4.79 Å². The molecule has 1 aromatic rings. The van der Waals surface area contributed by atoms with Crippen LogP contribution in [0.1, 0.15) is 26.2 Å². The molecule has 0 aliphatic heterocycles. The van der Waals surface area contributed by atoms with Crippen LogP contribution in [0.2, 0.25) is 0 Å². The first-order chi connectivity index (χ1) is 8.95. The zero-order valence-electron chi connectivity index (χ0n) is 10.6. The lowest BCUT2D eigenvalue weighted by atomic mass is 10.1. The van der Waals surface area contributed by atoms with Crippen LogP contribution >= 0.6 is 15.9 Å². The molecule has 6 nitrogen and oxygen atoms in total. The molecule has 0 aliphatic rings. The van der Waals surface area contributed by atoms with Gasteiger partial charge in [0.1, 0.15) is 5.69 Å². The molecule has 0 aliphatic carbocycles. The van der Waals surface area contributed by atoms with Crippen molar-refractivity contribution in [1.82, 2.24) is 0 Å². The summed E-state index contributed by atoms with van der Waals surface area (Å²) in [6, 6.07) is 3.79. The average Bonchev–Trinajstić information content (AvgIpc) is 2.37. The van der Waals surface area contributed by atoms with E-state index in [2.05, 4.69) is 21.2 Å². The zero-order chi connectivity index (χ0) is 14.4. The first kappa shape index (κ1) is 15.6. The lowest BCUT2D eigenvalue weighted by Crippen LogP contribution is -2.35. The maximum Gasteiger partial charge on any atom is 0.293 e. The molecule has 1 rings (SSSR count). The minimum atomic E-state index is -0.650. The number of benzene rings is 1. The van der Waals surface area contributed by atoms with E-state index in [9.17, 15) is 14.9 Å². The van der Waals surface area contributed by atoms with Gasteiger partial charge in [-0.2, -0.15) is 0 Å². The molecule has 0 saturated heterocycles. The topological polar surface area (TPSA) is 98.3 Å². The van der Waals surface area contributed by atoms with Gasteiger partial charge in [-0.05, 0) is 18.6 Å². The molecule has 0 saturated carbocycles. The third-order valence-electron chi connectivity index (χ3n) is 2.62. The number of halogens is 1. The molecule has 0 bridgehead atoms. The van der Waals surface area contributed by atoms with Gasteiger partial charge in [-0.3, -0.25) is 14.9 Å². The summed E-state index contributed by atoms with van der Waals surface area (Å²) in [5.74, 6) is -0.404. The van der Waals surface area contributed by atoms with E-state index >= 15 is 0 Å². The Morgan fingerprint density at radius 3 is 2.84 bits per heavy atom. The number of unbranched alkanes of at least 4 members (excludes halogenated alkanes) is 1. The second kappa shape index (κ2) is 7.20. The maximum atomic E-state index is 11.8. The van der Waals surface area contributed by atoms with E-state index in [4.69, 9.17) is 5.73 Å². The SMILES string of the molecule is CCCCC(N)C(=O)Nc1ccc(Br)cc1[N+](=O)[O-]. The van der Waals surface area contributed by atoms with E-state index in [0.29, 0.717) is 10.9 Å². The summed E-state index contributed by atoms with van der Waals surface area (Å²) in [6.45, 7) is 2.00. The Bertz CT molecular complexity index is 479. The van der Waals surface area contributed by atoms with Gasteiger partial charge in [-0.15, -0.1) is 0 Å². The summed E-state index contributed by atoms with van der Waals surface area (Å²) in [7, 11) is 0. The fourth-order valence-electron chi connectivity index (χ4n) is 1.54. The van der Waals surface area contributed by atoms with Crippen LogP contribution in [0.25, 0.3) is 0 Å². The highest BCUT2D eigenvalue weighted by atomic mass is 79.9. The number of rotatable bonds is 6. The molecule has 0 heterocycles. The number of carbonyl (C=O) groups is 1. The molecule has 104 valence electrons. The van der Waals surface area contributed by atoms with Gasteiger partial charge in [-0.25, -0.2) is 0 Å². The van der Waals surface area contributed by atoms with Gasteiger partial charge in [0.2, 0.25) is 5.91 Å². The molecule has 19 heavy (non-hydrogen) atoms. The molecule has 3 N–H and O–H groups in total. The quantitative estimate of drug-likeness (QED) is 0.619. The number of nitro benzene ring substituents is 1. The first-order valence-electron chi connectivity index (χ1n) is 5.96. The Morgan fingerprint density at radius 2 is 2.26 bits per heavy atom. The van der Waals surface area contributed by atoms with Gasteiger partial charge in [0.25, 0.3) is 5.69 Å². The van der Waals surface area contributed by atoms with Crippen molar-refractivity contribution in [2.24, 2.45) is 5.73 Å². The van der Waals surface area contributed by atoms with Gasteiger partial charge in [-0.1, -0.05) is 35.7 Å². The van der Waals surface area contributed by atoms with Crippen molar-refractivity contribution >= 4 is 33.2 Å². The van der Waals surface area contributed by atoms with E-state index in [1.807, 2.05) is 6.92 Å². The van der Waals surface area contributed by atoms with Crippen molar-refractivity contribution in [2.75, 3.05) is 5.32 Å². The van der Waals surface area contributed by atoms with E-state index in [1.54, 1.807) is 6.07 Å². The largest absolute Gasteiger partial charge is 0.320 e. The van der Waals surface area contributed by atoms with Gasteiger partial charge >= 0.3 is 0 Å². The van der Waals surface area contributed by atoms with Gasteiger partial charge in [0.05, 0.1) is 11.0 Å². The highest BCUT2D eigenvalue weighted by molar-refractivity contribution is 9.10.